The number of carbonyl (C=O) groups excluding carboxylic acids is 1. The summed E-state index contributed by atoms with van der Waals surface area (Å²) in [5.41, 5.74) is 8.92. The summed E-state index contributed by atoms with van der Waals surface area (Å²) < 4.78 is 5.81. The first-order valence-electron chi connectivity index (χ1n) is 6.06. The summed E-state index contributed by atoms with van der Waals surface area (Å²) in [6, 6.07) is 1.99. The SMILES string of the molecule is Cc1cc(C)c2c(c1N)OCC(C)(C)C(=O)N2C. The van der Waals surface area contributed by atoms with E-state index in [9.17, 15) is 4.79 Å². The topological polar surface area (TPSA) is 55.6 Å². The first-order valence-corrected chi connectivity index (χ1v) is 6.06. The molecule has 18 heavy (non-hydrogen) atoms. The molecule has 0 atom stereocenters. The van der Waals surface area contributed by atoms with E-state index in [1.54, 1.807) is 11.9 Å². The fraction of sp³-hybridized carbons (Fsp3) is 0.500. The lowest BCUT2D eigenvalue weighted by atomic mass is 9.93. The molecule has 98 valence electrons. The number of ether oxygens (including phenoxy) is 1. The lowest BCUT2D eigenvalue weighted by Gasteiger charge is -2.25. The zero-order valence-electron chi connectivity index (χ0n) is 11.6. The van der Waals surface area contributed by atoms with E-state index in [1.807, 2.05) is 33.8 Å². The third kappa shape index (κ3) is 1.72. The molecule has 1 aliphatic rings. The number of nitrogen functional groups attached to an aromatic ring is 1. The van der Waals surface area contributed by atoms with Crippen molar-refractivity contribution in [3.8, 4) is 5.75 Å². The molecule has 1 heterocycles. The molecule has 0 fully saturated rings. The third-order valence-electron chi connectivity index (χ3n) is 3.49. The Morgan fingerprint density at radius 1 is 1.33 bits per heavy atom. The first kappa shape index (κ1) is 12.7. The molecule has 2 rings (SSSR count). The van der Waals surface area contributed by atoms with Crippen LogP contribution in [0, 0.1) is 19.3 Å². The zero-order valence-corrected chi connectivity index (χ0v) is 11.6. The van der Waals surface area contributed by atoms with Gasteiger partial charge in [-0.3, -0.25) is 4.79 Å². The lowest BCUT2D eigenvalue weighted by molar-refractivity contribution is -0.127. The van der Waals surface area contributed by atoms with Gasteiger partial charge in [0.25, 0.3) is 0 Å². The van der Waals surface area contributed by atoms with Crippen molar-refractivity contribution in [1.29, 1.82) is 0 Å². The third-order valence-corrected chi connectivity index (χ3v) is 3.49. The molecule has 0 aromatic heterocycles. The molecule has 4 heteroatoms. The molecule has 1 amide bonds. The molecule has 1 aliphatic heterocycles. The summed E-state index contributed by atoms with van der Waals surface area (Å²) in [7, 11) is 1.78. The van der Waals surface area contributed by atoms with E-state index in [0.29, 0.717) is 18.0 Å². The number of rotatable bonds is 0. The molecule has 1 aromatic carbocycles. The van der Waals surface area contributed by atoms with Crippen molar-refractivity contribution in [2.24, 2.45) is 5.41 Å². The fourth-order valence-corrected chi connectivity index (χ4v) is 2.39. The molecular formula is C14H20N2O2. The van der Waals surface area contributed by atoms with Crippen molar-refractivity contribution < 1.29 is 9.53 Å². The predicted molar refractivity (Wildman–Crippen MR) is 73.0 cm³/mol. The Labute approximate surface area is 108 Å². The van der Waals surface area contributed by atoms with Crippen molar-refractivity contribution in [3.63, 3.8) is 0 Å². The van der Waals surface area contributed by atoms with E-state index >= 15 is 0 Å². The van der Waals surface area contributed by atoms with Crippen molar-refractivity contribution in [3.05, 3.63) is 17.2 Å². The predicted octanol–water partition coefficient (Wildman–Crippen LogP) is 2.27. The van der Waals surface area contributed by atoms with Crippen molar-refractivity contribution in [2.45, 2.75) is 27.7 Å². The lowest BCUT2D eigenvalue weighted by Crippen LogP contribution is -2.40. The number of carbonyl (C=O) groups is 1. The number of nitrogens with two attached hydrogens (primary N) is 1. The molecule has 2 N–H and O–H groups in total. The van der Waals surface area contributed by atoms with Crippen LogP contribution in [-0.4, -0.2) is 19.6 Å². The normalized spacial score (nSPS) is 18.1. The van der Waals surface area contributed by atoms with Gasteiger partial charge in [0.05, 0.1) is 16.8 Å². The quantitative estimate of drug-likeness (QED) is 0.716. The van der Waals surface area contributed by atoms with Gasteiger partial charge >= 0.3 is 0 Å². The monoisotopic (exact) mass is 248 g/mol. The Kier molecular flexibility index (Phi) is 2.76. The highest BCUT2D eigenvalue weighted by Gasteiger charge is 2.37. The minimum absolute atomic E-state index is 0.0487. The standard InChI is InChI=1S/C14H20N2O2/c1-8-6-9(2)11-12(10(8)15)18-7-14(3,4)13(17)16(11)5/h6H,7,15H2,1-5H3. The van der Waals surface area contributed by atoms with Crippen LogP contribution in [0.5, 0.6) is 5.75 Å². The minimum Gasteiger partial charge on any atom is -0.488 e. The summed E-state index contributed by atoms with van der Waals surface area (Å²) in [4.78, 5) is 14.0. The summed E-state index contributed by atoms with van der Waals surface area (Å²) in [6.07, 6.45) is 0. The average molecular weight is 248 g/mol. The summed E-state index contributed by atoms with van der Waals surface area (Å²) in [6.45, 7) is 8.03. The van der Waals surface area contributed by atoms with Crippen LogP contribution in [0.4, 0.5) is 11.4 Å². The minimum atomic E-state index is -0.541. The van der Waals surface area contributed by atoms with E-state index in [2.05, 4.69) is 0 Å². The number of fused-ring (bicyclic) bond motifs is 1. The van der Waals surface area contributed by atoms with Gasteiger partial charge < -0.3 is 15.4 Å². The van der Waals surface area contributed by atoms with E-state index in [0.717, 1.165) is 16.8 Å². The molecule has 0 radical (unpaired) electrons. The highest BCUT2D eigenvalue weighted by Crippen LogP contribution is 2.43. The van der Waals surface area contributed by atoms with E-state index in [4.69, 9.17) is 10.5 Å². The van der Waals surface area contributed by atoms with Gasteiger partial charge in [-0.1, -0.05) is 6.07 Å². The number of nitrogens with zero attached hydrogens (tertiary/aromatic N) is 1. The molecule has 1 aromatic rings. The fourth-order valence-electron chi connectivity index (χ4n) is 2.39. The number of hydrogen-bond acceptors (Lipinski definition) is 3. The van der Waals surface area contributed by atoms with Crippen LogP contribution in [0.1, 0.15) is 25.0 Å². The molecule has 0 spiro atoms. The van der Waals surface area contributed by atoms with Crippen molar-refractivity contribution in [2.75, 3.05) is 24.3 Å². The number of anilines is 2. The van der Waals surface area contributed by atoms with Gasteiger partial charge in [0.1, 0.15) is 6.61 Å². The Bertz CT molecular complexity index is 521. The first-order chi connectivity index (χ1) is 8.25. The van der Waals surface area contributed by atoms with Gasteiger partial charge in [0.15, 0.2) is 5.75 Å². The van der Waals surface area contributed by atoms with E-state index in [-0.39, 0.29) is 5.91 Å². The highest BCUT2D eigenvalue weighted by molar-refractivity contribution is 6.00. The van der Waals surface area contributed by atoms with Gasteiger partial charge in [0.2, 0.25) is 5.91 Å². The molecule has 0 saturated carbocycles. The Hall–Kier alpha value is -1.71. The summed E-state index contributed by atoms with van der Waals surface area (Å²) >= 11 is 0. The maximum Gasteiger partial charge on any atom is 0.235 e. The highest BCUT2D eigenvalue weighted by atomic mass is 16.5. The molecule has 0 bridgehead atoms. The van der Waals surface area contributed by atoms with Crippen molar-refractivity contribution >= 4 is 17.3 Å². The van der Waals surface area contributed by atoms with Crippen LogP contribution >= 0.6 is 0 Å². The second-order valence-corrected chi connectivity index (χ2v) is 5.64. The zero-order chi connectivity index (χ0) is 13.7. The molecule has 0 unspecified atom stereocenters. The number of benzene rings is 1. The van der Waals surface area contributed by atoms with Crippen LogP contribution in [0.2, 0.25) is 0 Å². The van der Waals surface area contributed by atoms with Gasteiger partial charge in [-0.15, -0.1) is 0 Å². The largest absolute Gasteiger partial charge is 0.488 e. The smallest absolute Gasteiger partial charge is 0.235 e. The van der Waals surface area contributed by atoms with Crippen LogP contribution < -0.4 is 15.4 Å². The molecular weight excluding hydrogens is 228 g/mol. The molecule has 0 saturated heterocycles. The summed E-state index contributed by atoms with van der Waals surface area (Å²) in [5.74, 6) is 0.682. The van der Waals surface area contributed by atoms with Crippen LogP contribution in [0.25, 0.3) is 0 Å². The Morgan fingerprint density at radius 2 is 1.94 bits per heavy atom. The maximum absolute atomic E-state index is 12.4. The van der Waals surface area contributed by atoms with Crippen LogP contribution in [0.3, 0.4) is 0 Å². The molecule has 0 aliphatic carbocycles. The van der Waals surface area contributed by atoms with Gasteiger partial charge in [0, 0.05) is 7.05 Å². The van der Waals surface area contributed by atoms with Gasteiger partial charge in [-0.05, 0) is 38.8 Å². The average Bonchev–Trinajstić information content (AvgIpc) is 2.37. The number of amides is 1. The van der Waals surface area contributed by atoms with Crippen LogP contribution in [-0.2, 0) is 4.79 Å². The number of hydrogen-bond donors (Lipinski definition) is 1. The Morgan fingerprint density at radius 3 is 2.56 bits per heavy atom. The van der Waals surface area contributed by atoms with Crippen molar-refractivity contribution in [1.82, 2.24) is 0 Å². The number of aryl methyl sites for hydroxylation is 2. The second kappa shape index (κ2) is 3.90. The Balaban J connectivity index is 2.68. The van der Waals surface area contributed by atoms with Gasteiger partial charge in [-0.2, -0.15) is 0 Å². The van der Waals surface area contributed by atoms with Gasteiger partial charge in [-0.25, -0.2) is 0 Å². The maximum atomic E-state index is 12.4. The second-order valence-electron chi connectivity index (χ2n) is 5.64. The van der Waals surface area contributed by atoms with Crippen LogP contribution in [0.15, 0.2) is 6.07 Å². The van der Waals surface area contributed by atoms with E-state index < -0.39 is 5.41 Å². The van der Waals surface area contributed by atoms with E-state index in [1.165, 1.54) is 0 Å². The molecule has 4 nitrogen and oxygen atoms in total. The summed E-state index contributed by atoms with van der Waals surface area (Å²) in [5, 5.41) is 0.